The van der Waals surface area contributed by atoms with Crippen molar-refractivity contribution in [3.63, 3.8) is 0 Å². The van der Waals surface area contributed by atoms with Crippen LogP contribution in [0.2, 0.25) is 0 Å². The third kappa shape index (κ3) is 5.25. The van der Waals surface area contributed by atoms with Crippen molar-refractivity contribution in [2.75, 3.05) is 5.32 Å². The first-order valence-corrected chi connectivity index (χ1v) is 10.1. The summed E-state index contributed by atoms with van der Waals surface area (Å²) in [5.74, 6) is -2.90. The van der Waals surface area contributed by atoms with Crippen molar-refractivity contribution in [2.45, 2.75) is 19.0 Å². The molecule has 0 aliphatic rings. The van der Waals surface area contributed by atoms with Crippen LogP contribution in [0.1, 0.15) is 35.6 Å². The van der Waals surface area contributed by atoms with Crippen LogP contribution in [0.25, 0.3) is 11.1 Å². The lowest BCUT2D eigenvalue weighted by Gasteiger charge is -2.12. The molecule has 2 aromatic heterocycles. The molecule has 14 heteroatoms. The molecule has 6 N–H and O–H groups in total. The van der Waals surface area contributed by atoms with Crippen molar-refractivity contribution in [1.82, 2.24) is 15.0 Å². The van der Waals surface area contributed by atoms with E-state index in [1.54, 1.807) is 13.0 Å². The highest BCUT2D eigenvalue weighted by Crippen LogP contribution is 2.36. The number of aliphatic imine (C=N–C) groups is 1. The zero-order valence-electron chi connectivity index (χ0n) is 18.5. The molecule has 1 unspecified atom stereocenters. The van der Waals surface area contributed by atoms with Gasteiger partial charge in [-0.2, -0.15) is 23.5 Å². The summed E-state index contributed by atoms with van der Waals surface area (Å²) >= 11 is 0. The molecule has 1 aromatic carbocycles. The number of nitrogens with two attached hydrogens (primary N) is 1. The maximum Gasteiger partial charge on any atom is 0.451 e. The number of aromatic amines is 1. The van der Waals surface area contributed by atoms with Gasteiger partial charge in [0.2, 0.25) is 5.82 Å². The molecule has 0 aliphatic heterocycles. The van der Waals surface area contributed by atoms with Gasteiger partial charge in [-0.1, -0.05) is 19.1 Å². The second-order valence-electron chi connectivity index (χ2n) is 7.24. The number of benzene rings is 1. The summed E-state index contributed by atoms with van der Waals surface area (Å²) in [6.45, 7) is 1.60. The first kappa shape index (κ1) is 25.7. The minimum absolute atomic E-state index is 0.0326. The predicted octanol–water partition coefficient (Wildman–Crippen LogP) is 4.90. The van der Waals surface area contributed by atoms with E-state index in [9.17, 15) is 22.8 Å². The summed E-state index contributed by atoms with van der Waals surface area (Å²) in [6.07, 6.45) is -1.05. The number of H-pyrrole nitrogens is 1. The maximum absolute atomic E-state index is 13.9. The number of amidine groups is 1. The van der Waals surface area contributed by atoms with E-state index < -0.39 is 23.7 Å². The Bertz CT molecular complexity index is 1380. The molecule has 0 radical (unpaired) electrons. The van der Waals surface area contributed by atoms with Crippen LogP contribution in [-0.4, -0.2) is 27.1 Å². The Balaban J connectivity index is 2.14. The van der Waals surface area contributed by atoms with Crippen LogP contribution in [0.4, 0.5) is 23.2 Å². The quantitative estimate of drug-likeness (QED) is 0.128. The number of halogens is 4. The summed E-state index contributed by atoms with van der Waals surface area (Å²) in [7, 11) is 0. The van der Waals surface area contributed by atoms with Gasteiger partial charge in [-0.25, -0.2) is 24.9 Å². The van der Waals surface area contributed by atoms with E-state index in [0.29, 0.717) is 6.34 Å². The average Bonchev–Trinajstić information content (AvgIpc) is 3.25. The largest absolute Gasteiger partial charge is 0.451 e. The van der Waals surface area contributed by atoms with Crippen LogP contribution in [0.5, 0.6) is 0 Å². The predicted molar refractivity (Wildman–Crippen MR) is 123 cm³/mol. The highest BCUT2D eigenvalue weighted by molar-refractivity contribution is 6.06. The molecule has 36 heavy (non-hydrogen) atoms. The third-order valence-electron chi connectivity index (χ3n) is 5.05. The molecular formula is C22H18F4N10. The standard InChI is InChI=1S/C22H18F4N10/c1-11(16(36-30)9-31-15-5-3-2-4-14(15)23)18-13(6-27)17(19(35-18)20(29)34-10-28)12-7-32-21(33-8-12)22(24,25)26/h2-5,7-11,30-31,35H,1H3,(H3,28,29,34)/b16-9-,36-30?. The molecule has 184 valence electrons. The minimum atomic E-state index is -4.77. The minimum Gasteiger partial charge on any atom is -0.382 e. The van der Waals surface area contributed by atoms with Gasteiger partial charge in [-0.3, -0.25) is 5.41 Å². The average molecular weight is 498 g/mol. The normalized spacial score (nSPS) is 13.1. The van der Waals surface area contributed by atoms with Crippen molar-refractivity contribution >= 4 is 17.9 Å². The monoisotopic (exact) mass is 498 g/mol. The number of anilines is 1. The Hall–Kier alpha value is -4.93. The summed E-state index contributed by atoms with van der Waals surface area (Å²) < 4.78 is 52.7. The molecule has 0 aliphatic carbocycles. The van der Waals surface area contributed by atoms with E-state index in [0.717, 1.165) is 12.4 Å². The first-order valence-electron chi connectivity index (χ1n) is 10.1. The smallest absolute Gasteiger partial charge is 0.382 e. The molecule has 1 atom stereocenters. The van der Waals surface area contributed by atoms with Gasteiger partial charge in [0.25, 0.3) is 0 Å². The number of hydrogen-bond acceptors (Lipinski definition) is 7. The number of nitrogens with zero attached hydrogens (tertiary/aromatic N) is 5. The van der Waals surface area contributed by atoms with E-state index in [2.05, 4.69) is 30.4 Å². The number of para-hydroxylation sites is 1. The lowest BCUT2D eigenvalue weighted by molar-refractivity contribution is -0.144. The summed E-state index contributed by atoms with van der Waals surface area (Å²) in [5, 5.41) is 23.3. The van der Waals surface area contributed by atoms with Crippen LogP contribution in [0.3, 0.4) is 0 Å². The number of rotatable bonds is 8. The van der Waals surface area contributed by atoms with Crippen molar-refractivity contribution in [1.29, 1.82) is 16.2 Å². The zero-order chi connectivity index (χ0) is 26.5. The van der Waals surface area contributed by atoms with Gasteiger partial charge in [0.15, 0.2) is 0 Å². The van der Waals surface area contributed by atoms with Gasteiger partial charge < -0.3 is 16.0 Å². The molecule has 0 saturated heterocycles. The summed E-state index contributed by atoms with van der Waals surface area (Å²) in [4.78, 5) is 13.3. The number of alkyl halides is 3. The SMILES string of the molecule is CC(/C(=C/Nc1ccccc1F)N=N)c1[nH]c(/C(N)=N\C=N)c(-c2cnc(C(F)(F)F)nc2)c1C#N. The molecule has 0 fully saturated rings. The van der Waals surface area contributed by atoms with Crippen molar-refractivity contribution < 1.29 is 17.6 Å². The molecule has 0 spiro atoms. The highest BCUT2D eigenvalue weighted by Gasteiger charge is 2.35. The lowest BCUT2D eigenvalue weighted by Crippen LogP contribution is -2.16. The topological polar surface area (TPSA) is 176 Å². The van der Waals surface area contributed by atoms with Crippen LogP contribution in [0.15, 0.2) is 58.7 Å². The highest BCUT2D eigenvalue weighted by atomic mass is 19.4. The van der Waals surface area contributed by atoms with Gasteiger partial charge in [0, 0.05) is 41.3 Å². The first-order chi connectivity index (χ1) is 17.1. The molecule has 3 aromatic rings. The van der Waals surface area contributed by atoms with Crippen LogP contribution in [0, 0.1) is 28.1 Å². The molecule has 10 nitrogen and oxygen atoms in total. The van der Waals surface area contributed by atoms with E-state index in [1.807, 2.05) is 6.07 Å². The Morgan fingerprint density at radius 2 is 1.94 bits per heavy atom. The number of aromatic nitrogens is 3. The summed E-state index contributed by atoms with van der Waals surface area (Å²) in [5.41, 5.74) is 14.0. The van der Waals surface area contributed by atoms with Crippen LogP contribution in [-0.2, 0) is 6.18 Å². The molecular weight excluding hydrogens is 480 g/mol. The lowest BCUT2D eigenvalue weighted by atomic mass is 9.96. The summed E-state index contributed by atoms with van der Waals surface area (Å²) in [6, 6.07) is 7.81. The van der Waals surface area contributed by atoms with E-state index in [4.69, 9.17) is 16.7 Å². The second kappa shape index (κ2) is 10.6. The van der Waals surface area contributed by atoms with Crippen LogP contribution < -0.4 is 11.1 Å². The Labute approximate surface area is 201 Å². The van der Waals surface area contributed by atoms with Gasteiger partial charge in [-0.05, 0) is 12.1 Å². The van der Waals surface area contributed by atoms with Gasteiger partial charge in [0.05, 0.1) is 22.6 Å². The maximum atomic E-state index is 13.9. The Morgan fingerprint density at radius 1 is 1.28 bits per heavy atom. The van der Waals surface area contributed by atoms with E-state index >= 15 is 0 Å². The fourth-order valence-corrected chi connectivity index (χ4v) is 3.31. The van der Waals surface area contributed by atoms with Crippen LogP contribution >= 0.6 is 0 Å². The zero-order valence-corrected chi connectivity index (χ0v) is 18.5. The molecule has 0 amide bonds. The second-order valence-corrected chi connectivity index (χ2v) is 7.24. The third-order valence-corrected chi connectivity index (χ3v) is 5.05. The van der Waals surface area contributed by atoms with E-state index in [-0.39, 0.29) is 45.3 Å². The Kier molecular flexibility index (Phi) is 7.53. The Morgan fingerprint density at radius 3 is 2.50 bits per heavy atom. The number of hydrogen-bond donors (Lipinski definition) is 5. The fourth-order valence-electron chi connectivity index (χ4n) is 3.31. The molecule has 2 heterocycles. The van der Waals surface area contributed by atoms with Gasteiger partial charge in [0.1, 0.15) is 24.1 Å². The number of nitriles is 1. The van der Waals surface area contributed by atoms with Crippen molar-refractivity contribution in [2.24, 2.45) is 15.8 Å². The number of allylic oxidation sites excluding steroid dienone is 1. The van der Waals surface area contributed by atoms with Crippen molar-refractivity contribution in [3.8, 4) is 17.2 Å². The molecule has 0 saturated carbocycles. The van der Waals surface area contributed by atoms with Gasteiger partial charge in [-0.15, -0.1) is 0 Å². The molecule has 0 bridgehead atoms. The molecule has 3 rings (SSSR count). The fraction of sp³-hybridized carbons (Fsp3) is 0.136. The van der Waals surface area contributed by atoms with Crippen molar-refractivity contribution in [3.05, 3.63) is 77.1 Å². The number of nitrogens with one attached hydrogen (secondary N) is 4. The van der Waals surface area contributed by atoms with Gasteiger partial charge >= 0.3 is 6.18 Å². The van der Waals surface area contributed by atoms with E-state index in [1.165, 1.54) is 24.4 Å².